The number of hydrogen-bond donors (Lipinski definition) is 2. The van der Waals surface area contributed by atoms with Gasteiger partial charge in [-0.15, -0.1) is 0 Å². The molecule has 2 nitrogen and oxygen atoms in total. The Bertz CT molecular complexity index is 576. The Morgan fingerprint density at radius 1 is 1.15 bits per heavy atom. The number of hydrogen-bond acceptors (Lipinski definition) is 2. The summed E-state index contributed by atoms with van der Waals surface area (Å²) in [5.41, 5.74) is 1.61. The van der Waals surface area contributed by atoms with Crippen LogP contribution < -0.4 is 5.32 Å². The molecule has 0 aliphatic carbocycles. The molecular weight excluding hydrogens is 321 g/mol. The van der Waals surface area contributed by atoms with Gasteiger partial charge in [-0.3, -0.25) is 0 Å². The third kappa shape index (κ3) is 3.81. The first-order valence-corrected chi connectivity index (χ1v) is 7.16. The fraction of sp³-hybridized carbons (Fsp3) is 0.250. The Morgan fingerprint density at radius 3 is 2.40 bits per heavy atom. The predicted octanol–water partition coefficient (Wildman–Crippen LogP) is 4.32. The van der Waals surface area contributed by atoms with Gasteiger partial charge in [0.25, 0.3) is 0 Å². The molecule has 0 atom stereocenters. The van der Waals surface area contributed by atoms with E-state index >= 15 is 0 Å². The fourth-order valence-corrected chi connectivity index (χ4v) is 2.29. The van der Waals surface area contributed by atoms with E-state index in [0.29, 0.717) is 12.1 Å². The van der Waals surface area contributed by atoms with Crippen LogP contribution in [-0.2, 0) is 12.1 Å². The zero-order chi connectivity index (χ0) is 14.8. The van der Waals surface area contributed by atoms with E-state index in [0.717, 1.165) is 16.1 Å². The average Bonchev–Trinajstić information content (AvgIpc) is 2.36. The minimum atomic E-state index is -0.428. The van der Waals surface area contributed by atoms with Gasteiger partial charge in [0.15, 0.2) is 0 Å². The van der Waals surface area contributed by atoms with Crippen LogP contribution in [0.3, 0.4) is 0 Å². The molecule has 0 radical (unpaired) electrons. The second-order valence-electron chi connectivity index (χ2n) is 5.30. The first kappa shape index (κ1) is 15.0. The Hall–Kier alpha value is -1.39. The van der Waals surface area contributed by atoms with Crippen molar-refractivity contribution in [2.45, 2.75) is 25.9 Å². The minimum Gasteiger partial charge on any atom is -0.508 e. The van der Waals surface area contributed by atoms with E-state index in [1.165, 1.54) is 6.07 Å². The number of phenols is 1. The molecule has 0 bridgehead atoms. The fourth-order valence-electron chi connectivity index (χ4n) is 2.03. The summed E-state index contributed by atoms with van der Waals surface area (Å²) in [4.78, 5) is 0. The topological polar surface area (TPSA) is 32.3 Å². The Kier molecular flexibility index (Phi) is 4.45. The van der Waals surface area contributed by atoms with Crippen LogP contribution in [0.2, 0.25) is 0 Å². The molecule has 0 amide bonds. The second kappa shape index (κ2) is 5.94. The van der Waals surface area contributed by atoms with Crippen molar-refractivity contribution in [3.63, 3.8) is 0 Å². The van der Waals surface area contributed by atoms with Crippen molar-refractivity contribution in [3.05, 3.63) is 63.9 Å². The standard InChI is InChI=1S/C16H17BrFNO/c1-16(2,12-3-5-13(17)6-4-12)19-10-11-7-14(18)9-15(20)8-11/h3-9,19-20H,10H2,1-2H3. The summed E-state index contributed by atoms with van der Waals surface area (Å²) in [6.07, 6.45) is 0. The molecule has 2 aromatic rings. The maximum Gasteiger partial charge on any atom is 0.127 e. The van der Waals surface area contributed by atoms with Crippen LogP contribution in [0, 0.1) is 5.82 Å². The van der Waals surface area contributed by atoms with Crippen LogP contribution >= 0.6 is 15.9 Å². The number of nitrogens with one attached hydrogen (secondary N) is 1. The lowest BCUT2D eigenvalue weighted by molar-refractivity contribution is 0.399. The summed E-state index contributed by atoms with van der Waals surface area (Å²) in [5, 5.41) is 12.8. The zero-order valence-electron chi connectivity index (χ0n) is 11.5. The Morgan fingerprint density at radius 2 is 1.80 bits per heavy atom. The van der Waals surface area contributed by atoms with Crippen LogP contribution in [0.15, 0.2) is 46.9 Å². The van der Waals surface area contributed by atoms with Gasteiger partial charge in [-0.2, -0.15) is 0 Å². The quantitative estimate of drug-likeness (QED) is 0.870. The van der Waals surface area contributed by atoms with Crippen molar-refractivity contribution in [2.24, 2.45) is 0 Å². The van der Waals surface area contributed by atoms with Gasteiger partial charge in [0.2, 0.25) is 0 Å². The molecule has 0 saturated carbocycles. The third-order valence-corrected chi connectivity index (χ3v) is 3.77. The molecule has 0 aliphatic heterocycles. The van der Waals surface area contributed by atoms with Crippen molar-refractivity contribution >= 4 is 15.9 Å². The van der Waals surface area contributed by atoms with Crippen molar-refractivity contribution in [1.29, 1.82) is 0 Å². The summed E-state index contributed by atoms with van der Waals surface area (Å²) in [5.74, 6) is -0.480. The highest BCUT2D eigenvalue weighted by Gasteiger charge is 2.19. The van der Waals surface area contributed by atoms with Crippen molar-refractivity contribution in [2.75, 3.05) is 0 Å². The van der Waals surface area contributed by atoms with E-state index in [4.69, 9.17) is 0 Å². The smallest absolute Gasteiger partial charge is 0.127 e. The number of rotatable bonds is 4. The van der Waals surface area contributed by atoms with E-state index in [1.807, 2.05) is 24.3 Å². The van der Waals surface area contributed by atoms with Crippen molar-refractivity contribution in [3.8, 4) is 5.75 Å². The van der Waals surface area contributed by atoms with Gasteiger partial charge in [-0.1, -0.05) is 28.1 Å². The van der Waals surface area contributed by atoms with Gasteiger partial charge in [-0.05, 0) is 49.2 Å². The van der Waals surface area contributed by atoms with E-state index in [2.05, 4.69) is 35.1 Å². The summed E-state index contributed by atoms with van der Waals surface area (Å²) in [6.45, 7) is 4.61. The first-order valence-electron chi connectivity index (χ1n) is 6.36. The molecular formula is C16H17BrFNO. The third-order valence-electron chi connectivity index (χ3n) is 3.24. The molecule has 2 N–H and O–H groups in total. The molecule has 0 aliphatic rings. The maximum atomic E-state index is 13.2. The largest absolute Gasteiger partial charge is 0.508 e. The van der Waals surface area contributed by atoms with Crippen LogP contribution in [0.1, 0.15) is 25.0 Å². The lowest BCUT2D eigenvalue weighted by atomic mass is 9.94. The van der Waals surface area contributed by atoms with E-state index in [1.54, 1.807) is 6.07 Å². The van der Waals surface area contributed by atoms with Crippen LogP contribution in [-0.4, -0.2) is 5.11 Å². The highest BCUT2D eigenvalue weighted by Crippen LogP contribution is 2.23. The number of aromatic hydroxyl groups is 1. The molecule has 0 spiro atoms. The molecule has 20 heavy (non-hydrogen) atoms. The van der Waals surface area contributed by atoms with Crippen LogP contribution in [0.25, 0.3) is 0 Å². The summed E-state index contributed by atoms with van der Waals surface area (Å²) in [6, 6.07) is 12.2. The normalized spacial score (nSPS) is 11.6. The number of benzene rings is 2. The van der Waals surface area contributed by atoms with Gasteiger partial charge < -0.3 is 10.4 Å². The van der Waals surface area contributed by atoms with Gasteiger partial charge in [-0.25, -0.2) is 4.39 Å². The maximum absolute atomic E-state index is 13.2. The molecule has 0 aromatic heterocycles. The second-order valence-corrected chi connectivity index (χ2v) is 6.22. The molecule has 106 valence electrons. The molecule has 4 heteroatoms. The molecule has 0 saturated heterocycles. The average molecular weight is 338 g/mol. The van der Waals surface area contributed by atoms with Gasteiger partial charge in [0.1, 0.15) is 11.6 Å². The molecule has 2 aromatic carbocycles. The lowest BCUT2D eigenvalue weighted by Crippen LogP contribution is -2.35. The number of phenolic OH excluding ortho intramolecular Hbond substituents is 1. The molecule has 0 unspecified atom stereocenters. The Balaban J connectivity index is 2.10. The minimum absolute atomic E-state index is 0.0525. The molecule has 2 rings (SSSR count). The highest BCUT2D eigenvalue weighted by atomic mass is 79.9. The summed E-state index contributed by atoms with van der Waals surface area (Å²) in [7, 11) is 0. The van der Waals surface area contributed by atoms with Crippen molar-refractivity contribution < 1.29 is 9.50 Å². The lowest BCUT2D eigenvalue weighted by Gasteiger charge is -2.27. The van der Waals surface area contributed by atoms with Crippen LogP contribution in [0.4, 0.5) is 4.39 Å². The van der Waals surface area contributed by atoms with Gasteiger partial charge in [0.05, 0.1) is 0 Å². The zero-order valence-corrected chi connectivity index (χ0v) is 13.0. The first-order chi connectivity index (χ1) is 9.37. The van der Waals surface area contributed by atoms with Gasteiger partial charge >= 0.3 is 0 Å². The highest BCUT2D eigenvalue weighted by molar-refractivity contribution is 9.10. The van der Waals surface area contributed by atoms with E-state index in [-0.39, 0.29) is 11.3 Å². The van der Waals surface area contributed by atoms with Crippen molar-refractivity contribution in [1.82, 2.24) is 5.32 Å². The predicted molar refractivity (Wildman–Crippen MR) is 82.1 cm³/mol. The number of halogens is 2. The summed E-state index contributed by atoms with van der Waals surface area (Å²) < 4.78 is 14.3. The SMILES string of the molecule is CC(C)(NCc1cc(O)cc(F)c1)c1ccc(Br)cc1. The molecule has 0 fully saturated rings. The van der Waals surface area contributed by atoms with Gasteiger partial charge in [0, 0.05) is 22.6 Å². The van der Waals surface area contributed by atoms with Crippen LogP contribution in [0.5, 0.6) is 5.75 Å². The van der Waals surface area contributed by atoms with E-state index < -0.39 is 5.82 Å². The monoisotopic (exact) mass is 337 g/mol. The van der Waals surface area contributed by atoms with E-state index in [9.17, 15) is 9.50 Å². The summed E-state index contributed by atoms with van der Waals surface area (Å²) >= 11 is 3.41. The Labute approximate surface area is 126 Å². The molecule has 0 heterocycles.